The predicted molar refractivity (Wildman–Crippen MR) is 158 cm³/mol. The summed E-state index contributed by atoms with van der Waals surface area (Å²) in [4.78, 5) is 21.1. The Balaban J connectivity index is 1.53. The van der Waals surface area contributed by atoms with Gasteiger partial charge in [-0.05, 0) is 68.0 Å². The molecule has 1 aromatic carbocycles. The van der Waals surface area contributed by atoms with Gasteiger partial charge < -0.3 is 20.4 Å². The first-order valence-corrected chi connectivity index (χ1v) is 14.0. The Bertz CT molecular complexity index is 1100. The first-order valence-electron chi connectivity index (χ1n) is 14.0. The van der Waals surface area contributed by atoms with Gasteiger partial charge in [0.25, 0.3) is 0 Å². The third-order valence-electron chi connectivity index (χ3n) is 7.94. The fourth-order valence-electron chi connectivity index (χ4n) is 5.46. The summed E-state index contributed by atoms with van der Waals surface area (Å²) in [6, 6.07) is 9.34. The van der Waals surface area contributed by atoms with Gasteiger partial charge in [-0.3, -0.25) is 4.99 Å². The average molecular weight is 504 g/mol. The van der Waals surface area contributed by atoms with Crippen LogP contribution in [0.5, 0.6) is 0 Å². The molecule has 7 nitrogen and oxygen atoms in total. The molecular formula is C30H45N7. The Hall–Kier alpha value is -2.93. The summed E-state index contributed by atoms with van der Waals surface area (Å²) in [5.74, 6) is 2.87. The molecule has 2 N–H and O–H groups in total. The van der Waals surface area contributed by atoms with Gasteiger partial charge in [0.2, 0.25) is 5.95 Å². The molecule has 7 heteroatoms. The first kappa shape index (κ1) is 27.1. The van der Waals surface area contributed by atoms with E-state index in [0.717, 1.165) is 57.3 Å². The molecule has 1 saturated heterocycles. The topological polar surface area (TPSA) is 73.9 Å². The van der Waals surface area contributed by atoms with Gasteiger partial charge in [0, 0.05) is 57.6 Å². The number of hydrogen-bond acceptors (Lipinski definition) is 7. The SMILES string of the molecule is C/C=C(\C=NCC(CC)CCC)c1ccc2c(c1)CN(c1cc(N3CCN(C)CC3)nc(N)n1)C(C)C2. The van der Waals surface area contributed by atoms with Gasteiger partial charge in [-0.1, -0.05) is 44.9 Å². The van der Waals surface area contributed by atoms with Crippen LogP contribution in [0.3, 0.4) is 0 Å². The average Bonchev–Trinajstić information content (AvgIpc) is 2.90. The van der Waals surface area contributed by atoms with Crippen molar-refractivity contribution in [1.29, 1.82) is 0 Å². The predicted octanol–water partition coefficient (Wildman–Crippen LogP) is 5.06. The Kier molecular flexibility index (Phi) is 9.19. The van der Waals surface area contributed by atoms with Gasteiger partial charge in [-0.25, -0.2) is 0 Å². The maximum atomic E-state index is 6.21. The van der Waals surface area contributed by atoms with Crippen molar-refractivity contribution in [3.63, 3.8) is 0 Å². The molecule has 0 amide bonds. The van der Waals surface area contributed by atoms with Crippen molar-refractivity contribution < 1.29 is 0 Å². The number of nitrogen functional groups attached to an aromatic ring is 1. The summed E-state index contributed by atoms with van der Waals surface area (Å²) in [7, 11) is 2.16. The van der Waals surface area contributed by atoms with E-state index >= 15 is 0 Å². The number of fused-ring (bicyclic) bond motifs is 1. The van der Waals surface area contributed by atoms with Crippen molar-refractivity contribution in [2.45, 2.75) is 66.0 Å². The molecule has 1 fully saturated rings. The second-order valence-electron chi connectivity index (χ2n) is 10.7. The van der Waals surface area contributed by atoms with Crippen molar-refractivity contribution >= 4 is 29.4 Å². The molecule has 4 rings (SSSR count). The number of likely N-dealkylation sites (N-methyl/N-ethyl adjacent to an activating group) is 1. The zero-order valence-corrected chi connectivity index (χ0v) is 23.5. The van der Waals surface area contributed by atoms with Gasteiger partial charge in [0.05, 0.1) is 0 Å². The molecule has 2 atom stereocenters. The van der Waals surface area contributed by atoms with E-state index in [0.29, 0.717) is 17.9 Å². The standard InChI is InChI=1S/C30H45N7/c1-6-9-23(7-2)19-32-20-24(8-3)26-11-10-25-16-22(4)37(21-27(25)17-26)29-18-28(33-30(31)34-29)36-14-12-35(5)13-15-36/h8,10-11,17-18,20,22-23H,6-7,9,12-16,19,21H2,1-5H3,(H2,31,33,34)/b24-8+,32-20?. The molecule has 0 bridgehead atoms. The van der Waals surface area contributed by atoms with Crippen molar-refractivity contribution in [1.82, 2.24) is 14.9 Å². The fourth-order valence-corrected chi connectivity index (χ4v) is 5.46. The third kappa shape index (κ3) is 6.69. The number of aliphatic imine (C=N–C) groups is 1. The van der Waals surface area contributed by atoms with Crippen LogP contribution in [0.25, 0.3) is 5.57 Å². The Morgan fingerprint density at radius 1 is 1.11 bits per heavy atom. The van der Waals surface area contributed by atoms with E-state index in [-0.39, 0.29) is 0 Å². The summed E-state index contributed by atoms with van der Waals surface area (Å²) >= 11 is 0. The minimum atomic E-state index is 0.334. The lowest BCUT2D eigenvalue weighted by atomic mass is 9.91. The van der Waals surface area contributed by atoms with Crippen LogP contribution >= 0.6 is 0 Å². The summed E-state index contributed by atoms with van der Waals surface area (Å²) in [5, 5.41) is 0. The fraction of sp³-hybridized carbons (Fsp3) is 0.567. The lowest BCUT2D eigenvalue weighted by Gasteiger charge is -2.37. The molecular weight excluding hydrogens is 458 g/mol. The maximum Gasteiger partial charge on any atom is 0.223 e. The summed E-state index contributed by atoms with van der Waals surface area (Å²) in [5.41, 5.74) is 11.4. The highest BCUT2D eigenvalue weighted by Crippen LogP contribution is 2.31. The monoisotopic (exact) mass is 503 g/mol. The third-order valence-corrected chi connectivity index (χ3v) is 7.94. The van der Waals surface area contributed by atoms with Gasteiger partial charge in [0.15, 0.2) is 0 Å². The van der Waals surface area contributed by atoms with Crippen LogP contribution in [0.15, 0.2) is 35.3 Å². The molecule has 2 aliphatic rings. The Morgan fingerprint density at radius 3 is 2.57 bits per heavy atom. The largest absolute Gasteiger partial charge is 0.368 e. The van der Waals surface area contributed by atoms with E-state index in [2.05, 4.69) is 96.0 Å². The summed E-state index contributed by atoms with van der Waals surface area (Å²) in [6.07, 6.45) is 8.87. The van der Waals surface area contributed by atoms with E-state index < -0.39 is 0 Å². The molecule has 0 aliphatic carbocycles. The van der Waals surface area contributed by atoms with E-state index in [1.807, 2.05) is 0 Å². The van der Waals surface area contributed by atoms with Crippen LogP contribution in [0.1, 0.15) is 63.6 Å². The number of benzene rings is 1. The van der Waals surface area contributed by atoms with Crippen molar-refractivity contribution in [3.8, 4) is 0 Å². The molecule has 200 valence electrons. The van der Waals surface area contributed by atoms with Gasteiger partial charge in [-0.15, -0.1) is 0 Å². The number of aromatic nitrogens is 2. The Labute approximate surface area is 223 Å². The number of nitrogens with two attached hydrogens (primary N) is 1. The highest BCUT2D eigenvalue weighted by molar-refractivity contribution is 6.09. The number of allylic oxidation sites excluding steroid dienone is 2. The smallest absolute Gasteiger partial charge is 0.223 e. The maximum absolute atomic E-state index is 6.21. The quantitative estimate of drug-likeness (QED) is 0.482. The van der Waals surface area contributed by atoms with Crippen LogP contribution in [-0.2, 0) is 13.0 Å². The Morgan fingerprint density at radius 2 is 1.86 bits per heavy atom. The van der Waals surface area contributed by atoms with Crippen molar-refractivity contribution in [2.75, 3.05) is 55.3 Å². The van der Waals surface area contributed by atoms with Crippen LogP contribution < -0.4 is 15.5 Å². The number of rotatable bonds is 9. The number of hydrogen-bond donors (Lipinski definition) is 1. The van der Waals surface area contributed by atoms with Crippen molar-refractivity contribution in [3.05, 3.63) is 47.0 Å². The number of anilines is 3. The molecule has 0 spiro atoms. The molecule has 0 saturated carbocycles. The van der Waals surface area contributed by atoms with E-state index in [1.54, 1.807) is 0 Å². The normalized spacial score (nSPS) is 19.9. The summed E-state index contributed by atoms with van der Waals surface area (Å²) < 4.78 is 0. The summed E-state index contributed by atoms with van der Waals surface area (Å²) in [6.45, 7) is 14.6. The van der Waals surface area contributed by atoms with E-state index in [1.165, 1.54) is 41.5 Å². The zero-order chi connectivity index (χ0) is 26.4. The zero-order valence-electron chi connectivity index (χ0n) is 23.5. The highest BCUT2D eigenvalue weighted by Gasteiger charge is 2.26. The second kappa shape index (κ2) is 12.5. The molecule has 37 heavy (non-hydrogen) atoms. The van der Waals surface area contributed by atoms with Gasteiger partial charge in [0.1, 0.15) is 11.6 Å². The highest BCUT2D eigenvalue weighted by atomic mass is 15.3. The molecule has 2 unspecified atom stereocenters. The lowest BCUT2D eigenvalue weighted by Crippen LogP contribution is -2.45. The van der Waals surface area contributed by atoms with Crippen LogP contribution in [-0.4, -0.2) is 66.9 Å². The number of nitrogens with zero attached hydrogens (tertiary/aromatic N) is 6. The van der Waals surface area contributed by atoms with Gasteiger partial charge >= 0.3 is 0 Å². The molecule has 1 aromatic heterocycles. The van der Waals surface area contributed by atoms with Crippen LogP contribution in [0.4, 0.5) is 17.6 Å². The molecule has 2 aromatic rings. The minimum Gasteiger partial charge on any atom is -0.368 e. The van der Waals surface area contributed by atoms with Crippen LogP contribution in [0.2, 0.25) is 0 Å². The molecule has 2 aliphatic heterocycles. The van der Waals surface area contributed by atoms with E-state index in [4.69, 9.17) is 10.7 Å². The first-order chi connectivity index (χ1) is 17.9. The minimum absolute atomic E-state index is 0.334. The molecule has 0 radical (unpaired) electrons. The van der Waals surface area contributed by atoms with E-state index in [9.17, 15) is 0 Å². The number of piperazine rings is 1. The second-order valence-corrected chi connectivity index (χ2v) is 10.7. The van der Waals surface area contributed by atoms with Crippen molar-refractivity contribution in [2.24, 2.45) is 10.9 Å². The van der Waals surface area contributed by atoms with Gasteiger partial charge in [-0.2, -0.15) is 9.97 Å². The molecule has 3 heterocycles. The van der Waals surface area contributed by atoms with Crippen LogP contribution in [0, 0.1) is 5.92 Å². The lowest BCUT2D eigenvalue weighted by molar-refractivity contribution is 0.312.